The summed E-state index contributed by atoms with van der Waals surface area (Å²) in [7, 11) is 0. The van der Waals surface area contributed by atoms with Crippen LogP contribution in [0, 0.1) is 0 Å². The SMILES string of the molecule is CC(F)(F)CCCCn1ccc(NC(=O)OCc2cccc(Cl)c2)n1. The summed E-state index contributed by atoms with van der Waals surface area (Å²) in [6.45, 7) is 1.52. The van der Waals surface area contributed by atoms with E-state index in [9.17, 15) is 13.6 Å². The molecule has 0 saturated carbocycles. The Kier molecular flexibility index (Phi) is 6.75. The second kappa shape index (κ2) is 8.80. The molecule has 25 heavy (non-hydrogen) atoms. The Morgan fingerprint density at radius 1 is 1.36 bits per heavy atom. The number of benzene rings is 1. The monoisotopic (exact) mass is 371 g/mol. The van der Waals surface area contributed by atoms with Crippen molar-refractivity contribution in [3.05, 3.63) is 47.1 Å². The molecule has 0 saturated heterocycles. The molecule has 1 aromatic heterocycles. The maximum Gasteiger partial charge on any atom is 0.413 e. The number of carbonyl (C=O) groups excluding carboxylic acids is 1. The van der Waals surface area contributed by atoms with Crippen LogP contribution in [-0.4, -0.2) is 21.8 Å². The number of nitrogens with zero attached hydrogens (tertiary/aromatic N) is 2. The zero-order valence-corrected chi connectivity index (χ0v) is 14.6. The number of aryl methyl sites for hydroxylation is 1. The molecule has 0 bridgehead atoms. The predicted octanol–water partition coefficient (Wildman–Crippen LogP) is 5.11. The average molecular weight is 372 g/mol. The molecule has 0 radical (unpaired) electrons. The van der Waals surface area contributed by atoms with Gasteiger partial charge in [0.15, 0.2) is 5.82 Å². The Morgan fingerprint density at radius 3 is 2.88 bits per heavy atom. The number of aromatic nitrogens is 2. The number of unbranched alkanes of at least 4 members (excludes halogenated alkanes) is 1. The van der Waals surface area contributed by atoms with Crippen LogP contribution in [0.1, 0.15) is 31.7 Å². The topological polar surface area (TPSA) is 56.2 Å². The number of halogens is 3. The Hall–Kier alpha value is -2.15. The number of amides is 1. The molecule has 1 N–H and O–H groups in total. The fourth-order valence-corrected chi connectivity index (χ4v) is 2.39. The molecule has 2 aromatic rings. The Balaban J connectivity index is 1.72. The summed E-state index contributed by atoms with van der Waals surface area (Å²) in [6, 6.07) is 8.64. The van der Waals surface area contributed by atoms with Gasteiger partial charge in [-0.3, -0.25) is 10.00 Å². The summed E-state index contributed by atoms with van der Waals surface area (Å²) in [5.74, 6) is -2.29. The van der Waals surface area contributed by atoms with Gasteiger partial charge in [-0.2, -0.15) is 5.10 Å². The van der Waals surface area contributed by atoms with Gasteiger partial charge in [0.25, 0.3) is 0 Å². The maximum atomic E-state index is 12.7. The predicted molar refractivity (Wildman–Crippen MR) is 92.0 cm³/mol. The van der Waals surface area contributed by atoms with Crippen molar-refractivity contribution in [2.75, 3.05) is 5.32 Å². The van der Waals surface area contributed by atoms with E-state index in [4.69, 9.17) is 16.3 Å². The van der Waals surface area contributed by atoms with E-state index >= 15 is 0 Å². The Morgan fingerprint density at radius 2 is 2.16 bits per heavy atom. The smallest absolute Gasteiger partial charge is 0.413 e. The second-order valence-corrected chi connectivity index (χ2v) is 6.26. The van der Waals surface area contributed by atoms with Crippen LogP contribution in [0.25, 0.3) is 0 Å². The fourth-order valence-electron chi connectivity index (χ4n) is 2.18. The number of nitrogens with one attached hydrogen (secondary N) is 1. The van der Waals surface area contributed by atoms with Gasteiger partial charge in [0, 0.05) is 30.3 Å². The van der Waals surface area contributed by atoms with E-state index in [0.29, 0.717) is 30.2 Å². The molecular weight excluding hydrogens is 352 g/mol. The van der Waals surface area contributed by atoms with Crippen molar-refractivity contribution in [1.29, 1.82) is 0 Å². The van der Waals surface area contributed by atoms with Crippen molar-refractivity contribution in [1.82, 2.24) is 9.78 Å². The Labute approximate surface area is 149 Å². The summed E-state index contributed by atoms with van der Waals surface area (Å²) in [5.41, 5.74) is 0.779. The van der Waals surface area contributed by atoms with Crippen LogP contribution >= 0.6 is 11.6 Å². The summed E-state index contributed by atoms with van der Waals surface area (Å²) in [4.78, 5) is 11.8. The highest BCUT2D eigenvalue weighted by molar-refractivity contribution is 6.30. The Bertz CT molecular complexity index is 701. The molecule has 136 valence electrons. The maximum absolute atomic E-state index is 12.7. The zero-order chi connectivity index (χ0) is 18.3. The molecule has 0 aliphatic heterocycles. The highest BCUT2D eigenvalue weighted by Gasteiger charge is 2.19. The van der Waals surface area contributed by atoms with Crippen LogP contribution in [0.15, 0.2) is 36.5 Å². The van der Waals surface area contributed by atoms with Gasteiger partial charge in [-0.15, -0.1) is 0 Å². The van der Waals surface area contributed by atoms with Crippen molar-refractivity contribution >= 4 is 23.5 Å². The quantitative estimate of drug-likeness (QED) is 0.656. The average Bonchev–Trinajstić information content (AvgIpc) is 2.96. The molecule has 1 aromatic carbocycles. The summed E-state index contributed by atoms with van der Waals surface area (Å²) >= 11 is 5.86. The first-order valence-electron chi connectivity index (χ1n) is 7.91. The highest BCUT2D eigenvalue weighted by atomic mass is 35.5. The van der Waals surface area contributed by atoms with Crippen LogP contribution in [0.4, 0.5) is 19.4 Å². The molecular formula is C17H20ClF2N3O2. The third-order valence-corrected chi connectivity index (χ3v) is 3.62. The van der Waals surface area contributed by atoms with Crippen LogP contribution in [-0.2, 0) is 17.9 Å². The van der Waals surface area contributed by atoms with Crippen LogP contribution in [0.5, 0.6) is 0 Å². The lowest BCUT2D eigenvalue weighted by Crippen LogP contribution is -2.14. The number of anilines is 1. The summed E-state index contributed by atoms with van der Waals surface area (Å²) in [6.07, 6.45) is 1.90. The molecule has 8 heteroatoms. The van der Waals surface area contributed by atoms with Crippen molar-refractivity contribution < 1.29 is 18.3 Å². The third kappa shape index (κ3) is 7.51. The lowest BCUT2D eigenvalue weighted by molar-refractivity contribution is 0.0102. The van der Waals surface area contributed by atoms with Gasteiger partial charge in [-0.25, -0.2) is 13.6 Å². The van der Waals surface area contributed by atoms with Gasteiger partial charge in [0.2, 0.25) is 5.92 Å². The van der Waals surface area contributed by atoms with E-state index < -0.39 is 12.0 Å². The first kappa shape index (κ1) is 19.2. The van der Waals surface area contributed by atoms with Gasteiger partial charge in [0.1, 0.15) is 6.61 Å². The fraction of sp³-hybridized carbons (Fsp3) is 0.412. The van der Waals surface area contributed by atoms with Gasteiger partial charge in [-0.1, -0.05) is 23.7 Å². The largest absolute Gasteiger partial charge is 0.444 e. The number of ether oxygens (including phenoxy) is 1. The highest BCUT2D eigenvalue weighted by Crippen LogP contribution is 2.20. The van der Waals surface area contributed by atoms with Crippen LogP contribution < -0.4 is 5.32 Å². The van der Waals surface area contributed by atoms with Gasteiger partial charge >= 0.3 is 6.09 Å². The third-order valence-electron chi connectivity index (χ3n) is 3.38. The lowest BCUT2D eigenvalue weighted by atomic mass is 10.1. The number of alkyl halides is 2. The molecule has 0 unspecified atom stereocenters. The lowest BCUT2D eigenvalue weighted by Gasteiger charge is -2.09. The van der Waals surface area contributed by atoms with Crippen molar-refractivity contribution in [3.8, 4) is 0 Å². The molecule has 0 fully saturated rings. The molecule has 0 aliphatic carbocycles. The molecule has 1 amide bonds. The zero-order valence-electron chi connectivity index (χ0n) is 13.8. The summed E-state index contributed by atoms with van der Waals surface area (Å²) < 4.78 is 32.1. The van der Waals surface area contributed by atoms with Gasteiger partial charge in [-0.05, 0) is 37.5 Å². The number of hydrogen-bond acceptors (Lipinski definition) is 3. The van der Waals surface area contributed by atoms with E-state index in [1.807, 2.05) is 0 Å². The first-order valence-corrected chi connectivity index (χ1v) is 8.29. The summed E-state index contributed by atoms with van der Waals surface area (Å²) in [5, 5.41) is 7.24. The van der Waals surface area contributed by atoms with Crippen LogP contribution in [0.3, 0.4) is 0 Å². The molecule has 0 atom stereocenters. The van der Waals surface area contributed by atoms with Crippen molar-refractivity contribution in [3.63, 3.8) is 0 Å². The van der Waals surface area contributed by atoms with Crippen LogP contribution in [0.2, 0.25) is 5.02 Å². The van der Waals surface area contributed by atoms with Gasteiger partial charge < -0.3 is 4.74 Å². The molecule has 5 nitrogen and oxygen atoms in total. The molecule has 2 rings (SSSR count). The van der Waals surface area contributed by atoms with E-state index in [2.05, 4.69) is 10.4 Å². The number of rotatable bonds is 8. The molecule has 1 heterocycles. The minimum Gasteiger partial charge on any atom is -0.444 e. The van der Waals surface area contributed by atoms with E-state index in [-0.39, 0.29) is 13.0 Å². The van der Waals surface area contributed by atoms with Crippen molar-refractivity contribution in [2.24, 2.45) is 0 Å². The first-order chi connectivity index (χ1) is 11.8. The molecule has 0 spiro atoms. The number of carbonyl (C=O) groups is 1. The van der Waals surface area contributed by atoms with E-state index in [1.165, 1.54) is 0 Å². The minimum atomic E-state index is -2.64. The standard InChI is InChI=1S/C17H20ClF2N3O2/c1-17(19,20)8-2-3-9-23-10-7-15(22-23)21-16(24)25-12-13-5-4-6-14(18)11-13/h4-7,10-11H,2-3,8-9,12H2,1H3,(H,21,22,24). The number of hydrogen-bond donors (Lipinski definition) is 1. The van der Waals surface area contributed by atoms with Crippen molar-refractivity contribution in [2.45, 2.75) is 45.3 Å². The normalized spacial score (nSPS) is 11.4. The minimum absolute atomic E-state index is 0.0956. The van der Waals surface area contributed by atoms with E-state index in [1.54, 1.807) is 41.2 Å². The molecule has 0 aliphatic rings. The van der Waals surface area contributed by atoms with Gasteiger partial charge in [0.05, 0.1) is 0 Å². The second-order valence-electron chi connectivity index (χ2n) is 5.82. The van der Waals surface area contributed by atoms with E-state index in [0.717, 1.165) is 12.5 Å².